The summed E-state index contributed by atoms with van der Waals surface area (Å²) in [5.74, 6) is -1.03. The van der Waals surface area contributed by atoms with Crippen LogP contribution in [-0.2, 0) is 11.2 Å². The molecule has 3 N–H and O–H groups in total. The molecule has 0 saturated carbocycles. The third kappa shape index (κ3) is 3.51. The Morgan fingerprint density at radius 2 is 2.19 bits per heavy atom. The average Bonchev–Trinajstić information content (AvgIpc) is 3.06. The van der Waals surface area contributed by atoms with E-state index in [1.54, 1.807) is 6.07 Å². The first-order valence-electron chi connectivity index (χ1n) is 8.75. The van der Waals surface area contributed by atoms with Crippen molar-refractivity contribution in [2.24, 2.45) is 0 Å². The fourth-order valence-electron chi connectivity index (χ4n) is 3.49. The molecule has 2 amide bonds. The predicted octanol–water partition coefficient (Wildman–Crippen LogP) is 2.02. The number of hydrogen-bond acceptors (Lipinski definition) is 4. The number of hydrogen-bond donors (Lipinski definition) is 3. The van der Waals surface area contributed by atoms with Gasteiger partial charge in [0.1, 0.15) is 11.5 Å². The number of nitrogens with zero attached hydrogens (tertiary/aromatic N) is 2. The van der Waals surface area contributed by atoms with E-state index >= 15 is 0 Å². The third-order valence-electron chi connectivity index (χ3n) is 4.71. The summed E-state index contributed by atoms with van der Waals surface area (Å²) in [6.07, 6.45) is 6.74. The number of nitrogens with one attached hydrogen (secondary N) is 3. The van der Waals surface area contributed by atoms with Gasteiger partial charge in [0.25, 0.3) is 5.91 Å². The van der Waals surface area contributed by atoms with Gasteiger partial charge < -0.3 is 15.6 Å². The van der Waals surface area contributed by atoms with Crippen LogP contribution in [0.5, 0.6) is 0 Å². The quantitative estimate of drug-likeness (QED) is 0.657. The van der Waals surface area contributed by atoms with E-state index in [9.17, 15) is 14.0 Å². The van der Waals surface area contributed by atoms with Crippen molar-refractivity contribution in [1.82, 2.24) is 25.6 Å². The minimum atomic E-state index is -0.455. The number of fused-ring (bicyclic) bond motifs is 3. The summed E-state index contributed by atoms with van der Waals surface area (Å²) < 4.78 is 13.6. The Bertz CT molecular complexity index is 1000. The number of benzene rings is 1. The number of aryl methyl sites for hydroxylation is 1. The zero-order valence-corrected chi connectivity index (χ0v) is 14.5. The van der Waals surface area contributed by atoms with Crippen LogP contribution in [-0.4, -0.2) is 33.3 Å². The summed E-state index contributed by atoms with van der Waals surface area (Å²) in [7, 11) is 0. The van der Waals surface area contributed by atoms with Crippen LogP contribution >= 0.6 is 0 Å². The molecule has 0 aliphatic heterocycles. The Kier molecular flexibility index (Phi) is 4.53. The van der Waals surface area contributed by atoms with E-state index in [0.717, 1.165) is 41.4 Å². The van der Waals surface area contributed by atoms with Crippen LogP contribution in [0.3, 0.4) is 0 Å². The van der Waals surface area contributed by atoms with E-state index in [1.807, 2.05) is 0 Å². The lowest BCUT2D eigenvalue weighted by Gasteiger charge is -2.24. The SMILES string of the molecule is O=C(CNC(=O)c1cnccn1)N[C@@H]1CCCc2c1[nH]c1ccc(F)cc21. The van der Waals surface area contributed by atoms with Crippen molar-refractivity contribution >= 4 is 22.7 Å². The number of rotatable bonds is 4. The second kappa shape index (κ2) is 7.14. The summed E-state index contributed by atoms with van der Waals surface area (Å²) in [4.78, 5) is 35.3. The van der Waals surface area contributed by atoms with Crippen LogP contribution < -0.4 is 10.6 Å². The second-order valence-electron chi connectivity index (χ2n) is 6.49. The van der Waals surface area contributed by atoms with Crippen LogP contribution in [0.1, 0.15) is 40.6 Å². The molecule has 7 nitrogen and oxygen atoms in total. The van der Waals surface area contributed by atoms with Gasteiger partial charge in [-0.25, -0.2) is 9.37 Å². The molecule has 0 radical (unpaired) electrons. The number of halogens is 1. The molecule has 0 bridgehead atoms. The lowest BCUT2D eigenvalue weighted by Crippen LogP contribution is -2.39. The van der Waals surface area contributed by atoms with Gasteiger partial charge in [-0.05, 0) is 43.0 Å². The van der Waals surface area contributed by atoms with Crippen LogP contribution in [0.15, 0.2) is 36.8 Å². The smallest absolute Gasteiger partial charge is 0.271 e. The maximum absolute atomic E-state index is 13.6. The summed E-state index contributed by atoms with van der Waals surface area (Å²) >= 11 is 0. The molecule has 1 aliphatic carbocycles. The Morgan fingerprint density at radius 3 is 3.00 bits per heavy atom. The highest BCUT2D eigenvalue weighted by atomic mass is 19.1. The zero-order valence-electron chi connectivity index (χ0n) is 14.5. The molecule has 2 heterocycles. The molecular weight excluding hydrogens is 349 g/mol. The van der Waals surface area contributed by atoms with Gasteiger partial charge in [0.05, 0.1) is 18.8 Å². The zero-order chi connectivity index (χ0) is 18.8. The Balaban J connectivity index is 1.44. The highest BCUT2D eigenvalue weighted by Crippen LogP contribution is 2.34. The van der Waals surface area contributed by atoms with Crippen molar-refractivity contribution in [3.63, 3.8) is 0 Å². The van der Waals surface area contributed by atoms with Gasteiger partial charge in [-0.3, -0.25) is 14.6 Å². The molecule has 1 atom stereocenters. The second-order valence-corrected chi connectivity index (χ2v) is 6.49. The molecule has 27 heavy (non-hydrogen) atoms. The minimum absolute atomic E-state index is 0.155. The molecule has 2 aromatic heterocycles. The van der Waals surface area contributed by atoms with Crippen molar-refractivity contribution in [1.29, 1.82) is 0 Å². The molecular formula is C19H18FN5O2. The molecule has 0 unspecified atom stereocenters. The number of amides is 2. The van der Waals surface area contributed by atoms with Gasteiger partial charge in [-0.1, -0.05) is 0 Å². The Labute approximate surface area is 154 Å². The lowest BCUT2D eigenvalue weighted by molar-refractivity contribution is -0.121. The normalized spacial score (nSPS) is 16.0. The van der Waals surface area contributed by atoms with Gasteiger partial charge >= 0.3 is 0 Å². The fraction of sp³-hybridized carbons (Fsp3) is 0.263. The predicted molar refractivity (Wildman–Crippen MR) is 96.4 cm³/mol. The molecule has 4 rings (SSSR count). The maximum Gasteiger partial charge on any atom is 0.271 e. The number of carbonyl (C=O) groups excluding carboxylic acids is 2. The van der Waals surface area contributed by atoms with Gasteiger partial charge in [-0.15, -0.1) is 0 Å². The molecule has 0 spiro atoms. The highest BCUT2D eigenvalue weighted by molar-refractivity contribution is 5.94. The number of carbonyl (C=O) groups is 2. The number of aromatic nitrogens is 3. The van der Waals surface area contributed by atoms with Crippen molar-refractivity contribution in [3.05, 3.63) is 59.6 Å². The van der Waals surface area contributed by atoms with Crippen LogP contribution in [0.2, 0.25) is 0 Å². The van der Waals surface area contributed by atoms with Crippen molar-refractivity contribution in [2.45, 2.75) is 25.3 Å². The first-order valence-corrected chi connectivity index (χ1v) is 8.75. The first-order chi connectivity index (χ1) is 13.1. The first kappa shape index (κ1) is 17.1. The average molecular weight is 367 g/mol. The summed E-state index contributed by atoms with van der Waals surface area (Å²) in [6, 6.07) is 4.46. The highest BCUT2D eigenvalue weighted by Gasteiger charge is 2.25. The van der Waals surface area contributed by atoms with Gasteiger partial charge in [0.2, 0.25) is 5.91 Å². The standard InChI is InChI=1S/C19H18FN5O2/c20-11-4-5-14-13(8-11)12-2-1-3-15(18(12)25-14)24-17(26)10-23-19(27)16-9-21-6-7-22-16/h4-9,15,25H,1-3,10H2,(H,23,27)(H,24,26)/t15-/m1/s1. The number of aromatic amines is 1. The van der Waals surface area contributed by atoms with E-state index < -0.39 is 5.91 Å². The Hall–Kier alpha value is -3.29. The molecule has 0 saturated heterocycles. The van der Waals surface area contributed by atoms with Crippen molar-refractivity contribution in [2.75, 3.05) is 6.54 Å². The monoisotopic (exact) mass is 367 g/mol. The Morgan fingerprint density at radius 1 is 1.30 bits per heavy atom. The van der Waals surface area contributed by atoms with Crippen LogP contribution in [0, 0.1) is 5.82 Å². The van der Waals surface area contributed by atoms with Crippen molar-refractivity contribution in [3.8, 4) is 0 Å². The maximum atomic E-state index is 13.6. The fourth-order valence-corrected chi connectivity index (χ4v) is 3.49. The van der Waals surface area contributed by atoms with Crippen LogP contribution in [0.4, 0.5) is 4.39 Å². The van der Waals surface area contributed by atoms with Gasteiger partial charge in [0, 0.05) is 29.0 Å². The van der Waals surface area contributed by atoms with Gasteiger partial charge in [0.15, 0.2) is 0 Å². The summed E-state index contributed by atoms with van der Waals surface area (Å²) in [6.45, 7) is -0.157. The molecule has 8 heteroatoms. The van der Waals surface area contributed by atoms with Crippen molar-refractivity contribution < 1.29 is 14.0 Å². The summed E-state index contributed by atoms with van der Waals surface area (Å²) in [5.41, 5.74) is 2.97. The van der Waals surface area contributed by atoms with E-state index in [1.165, 1.54) is 30.7 Å². The van der Waals surface area contributed by atoms with E-state index in [2.05, 4.69) is 25.6 Å². The number of H-pyrrole nitrogens is 1. The van der Waals surface area contributed by atoms with Crippen LogP contribution in [0.25, 0.3) is 10.9 Å². The molecule has 1 aromatic carbocycles. The van der Waals surface area contributed by atoms with E-state index in [-0.39, 0.29) is 30.0 Å². The molecule has 3 aromatic rings. The largest absolute Gasteiger partial charge is 0.356 e. The van der Waals surface area contributed by atoms with E-state index in [4.69, 9.17) is 0 Å². The third-order valence-corrected chi connectivity index (χ3v) is 4.71. The van der Waals surface area contributed by atoms with Gasteiger partial charge in [-0.2, -0.15) is 0 Å². The molecule has 1 aliphatic rings. The molecule has 138 valence electrons. The lowest BCUT2D eigenvalue weighted by atomic mass is 9.91. The van der Waals surface area contributed by atoms with E-state index in [0.29, 0.717) is 0 Å². The summed E-state index contributed by atoms with van der Waals surface area (Å²) in [5, 5.41) is 6.34. The minimum Gasteiger partial charge on any atom is -0.356 e. The topological polar surface area (TPSA) is 99.8 Å². The molecule has 0 fully saturated rings.